The third kappa shape index (κ3) is 4.61. The minimum atomic E-state index is 0.299. The van der Waals surface area contributed by atoms with Crippen molar-refractivity contribution in [2.24, 2.45) is 0 Å². The second-order valence-electron chi connectivity index (χ2n) is 9.49. The third-order valence-corrected chi connectivity index (χ3v) is 8.08. The van der Waals surface area contributed by atoms with Gasteiger partial charge in [-0.15, -0.1) is 0 Å². The quantitative estimate of drug-likeness (QED) is 0.545. The molecule has 6 rings (SSSR count). The summed E-state index contributed by atoms with van der Waals surface area (Å²) in [6, 6.07) is 1.39. The second kappa shape index (κ2) is 9.73. The number of rotatable bonds is 6. The highest BCUT2D eigenvalue weighted by Gasteiger charge is 2.28. The molecule has 182 valence electrons. The van der Waals surface area contributed by atoms with Crippen LogP contribution in [0.2, 0.25) is 0 Å². The molecule has 0 radical (unpaired) electrons. The van der Waals surface area contributed by atoms with Gasteiger partial charge in [-0.3, -0.25) is 9.58 Å². The molecule has 0 bridgehead atoms. The monoisotopic (exact) mass is 484 g/mol. The van der Waals surface area contributed by atoms with Crippen LogP contribution in [0.1, 0.15) is 43.8 Å². The van der Waals surface area contributed by atoms with Crippen LogP contribution in [-0.2, 0) is 9.47 Å². The van der Waals surface area contributed by atoms with E-state index in [1.54, 1.807) is 0 Å². The van der Waals surface area contributed by atoms with Crippen LogP contribution in [0.15, 0.2) is 12.4 Å². The lowest BCUT2D eigenvalue weighted by Gasteiger charge is -2.39. The highest BCUT2D eigenvalue weighted by molar-refractivity contribution is 7.13. The SMILES string of the molecule is Cc1nsc2nc(Nc3cnn([C@H]4CCOC4)c3)nc(NC3CCC(N4CCOCC4)CC3)c12. The molecule has 1 atom stereocenters. The summed E-state index contributed by atoms with van der Waals surface area (Å²) >= 11 is 1.42. The predicted molar refractivity (Wildman–Crippen MR) is 132 cm³/mol. The minimum absolute atomic E-state index is 0.299. The number of morpholine rings is 1. The van der Waals surface area contributed by atoms with Crippen molar-refractivity contribution >= 4 is 39.2 Å². The summed E-state index contributed by atoms with van der Waals surface area (Å²) in [6.45, 7) is 7.40. The lowest BCUT2D eigenvalue weighted by atomic mass is 9.90. The molecule has 34 heavy (non-hydrogen) atoms. The Morgan fingerprint density at radius 3 is 2.65 bits per heavy atom. The van der Waals surface area contributed by atoms with Crippen molar-refractivity contribution in [2.75, 3.05) is 50.2 Å². The Labute approximate surface area is 203 Å². The summed E-state index contributed by atoms with van der Waals surface area (Å²) < 4.78 is 17.5. The number of hydrogen-bond acceptors (Lipinski definition) is 10. The minimum Gasteiger partial charge on any atom is -0.379 e. The van der Waals surface area contributed by atoms with Crippen LogP contribution in [0.5, 0.6) is 0 Å². The number of nitrogens with one attached hydrogen (secondary N) is 2. The highest BCUT2D eigenvalue weighted by Crippen LogP contribution is 2.32. The van der Waals surface area contributed by atoms with Crippen molar-refractivity contribution in [2.45, 2.75) is 57.2 Å². The van der Waals surface area contributed by atoms with Crippen molar-refractivity contribution in [3.05, 3.63) is 18.1 Å². The first kappa shape index (κ1) is 22.1. The van der Waals surface area contributed by atoms with E-state index >= 15 is 0 Å². The second-order valence-corrected chi connectivity index (χ2v) is 10.2. The Kier molecular flexibility index (Phi) is 6.33. The number of ether oxygens (including phenoxy) is 2. The van der Waals surface area contributed by atoms with E-state index in [-0.39, 0.29) is 0 Å². The van der Waals surface area contributed by atoms with Crippen LogP contribution >= 0.6 is 11.5 Å². The maximum atomic E-state index is 5.53. The van der Waals surface area contributed by atoms with Crippen molar-refractivity contribution in [3.8, 4) is 0 Å². The molecule has 0 aromatic carbocycles. The Hall–Kier alpha value is -2.34. The fraction of sp³-hybridized carbons (Fsp3) is 0.652. The molecule has 2 aliphatic heterocycles. The first-order valence-corrected chi connectivity index (χ1v) is 13.1. The maximum Gasteiger partial charge on any atom is 0.230 e. The lowest BCUT2D eigenvalue weighted by molar-refractivity contribution is 0.00791. The Morgan fingerprint density at radius 1 is 1.00 bits per heavy atom. The van der Waals surface area contributed by atoms with Crippen LogP contribution in [0.3, 0.4) is 0 Å². The van der Waals surface area contributed by atoms with Crippen molar-refractivity contribution < 1.29 is 9.47 Å². The highest BCUT2D eigenvalue weighted by atomic mass is 32.1. The molecule has 5 heterocycles. The smallest absolute Gasteiger partial charge is 0.230 e. The molecular formula is C23H32N8O2S. The largest absolute Gasteiger partial charge is 0.379 e. The van der Waals surface area contributed by atoms with Gasteiger partial charge in [-0.25, -0.2) is 0 Å². The normalized spacial score (nSPS) is 26.2. The first-order chi connectivity index (χ1) is 16.7. The zero-order valence-electron chi connectivity index (χ0n) is 19.6. The number of aromatic nitrogens is 5. The molecule has 2 N–H and O–H groups in total. The summed E-state index contributed by atoms with van der Waals surface area (Å²) in [5.74, 6) is 1.45. The molecule has 0 spiro atoms. The van der Waals surface area contributed by atoms with E-state index in [4.69, 9.17) is 19.4 Å². The van der Waals surface area contributed by atoms with Gasteiger partial charge in [0.25, 0.3) is 0 Å². The molecule has 3 fully saturated rings. The van der Waals surface area contributed by atoms with Gasteiger partial charge in [0.1, 0.15) is 5.82 Å². The Bertz CT molecular complexity index is 1110. The van der Waals surface area contributed by atoms with Gasteiger partial charge in [0.2, 0.25) is 5.95 Å². The van der Waals surface area contributed by atoms with Gasteiger partial charge in [0.05, 0.1) is 48.8 Å². The van der Waals surface area contributed by atoms with E-state index in [2.05, 4.69) is 25.0 Å². The number of anilines is 3. The molecule has 1 aliphatic carbocycles. The maximum absolute atomic E-state index is 5.53. The zero-order chi connectivity index (χ0) is 22.9. The molecule has 1 saturated carbocycles. The topological polar surface area (TPSA) is 102 Å². The fourth-order valence-corrected chi connectivity index (χ4v) is 6.11. The van der Waals surface area contributed by atoms with Gasteiger partial charge in [-0.2, -0.15) is 19.4 Å². The van der Waals surface area contributed by atoms with Crippen molar-refractivity contribution in [1.29, 1.82) is 0 Å². The van der Waals surface area contributed by atoms with E-state index in [0.717, 1.165) is 79.6 Å². The van der Waals surface area contributed by atoms with E-state index in [1.807, 2.05) is 24.0 Å². The lowest BCUT2D eigenvalue weighted by Crippen LogP contribution is -2.46. The molecule has 2 saturated heterocycles. The van der Waals surface area contributed by atoms with Gasteiger partial charge < -0.3 is 20.1 Å². The van der Waals surface area contributed by atoms with E-state index < -0.39 is 0 Å². The Morgan fingerprint density at radius 2 is 1.85 bits per heavy atom. The number of nitrogens with zero attached hydrogens (tertiary/aromatic N) is 6. The van der Waals surface area contributed by atoms with E-state index in [9.17, 15) is 0 Å². The third-order valence-electron chi connectivity index (χ3n) is 7.24. The van der Waals surface area contributed by atoms with Gasteiger partial charge in [0, 0.05) is 38.0 Å². The molecule has 10 nitrogen and oxygen atoms in total. The molecule has 3 aromatic rings. The predicted octanol–water partition coefficient (Wildman–Crippen LogP) is 3.35. The molecule has 3 aromatic heterocycles. The standard InChI is InChI=1S/C23H32N8O2S/c1-15-20-21(25-16-2-4-18(5-3-16)30-7-10-32-11-8-30)27-23(28-22(20)34-29-15)26-17-12-24-31(13-17)19-6-9-33-14-19/h12-13,16,18-19H,2-11,14H2,1H3,(H2,25,26,27,28)/t16?,18?,19-/m0/s1. The summed E-state index contributed by atoms with van der Waals surface area (Å²) in [6.07, 6.45) is 9.52. The van der Waals surface area contributed by atoms with Crippen LogP contribution in [0.4, 0.5) is 17.5 Å². The number of hydrogen-bond donors (Lipinski definition) is 2. The van der Waals surface area contributed by atoms with Crippen molar-refractivity contribution in [3.63, 3.8) is 0 Å². The van der Waals surface area contributed by atoms with E-state index in [0.29, 0.717) is 30.7 Å². The summed E-state index contributed by atoms with van der Waals surface area (Å²) in [7, 11) is 0. The summed E-state index contributed by atoms with van der Waals surface area (Å²) in [4.78, 5) is 13.1. The molecular weight excluding hydrogens is 452 g/mol. The van der Waals surface area contributed by atoms with Crippen molar-refractivity contribution in [1.82, 2.24) is 29.0 Å². The van der Waals surface area contributed by atoms with Gasteiger partial charge in [-0.1, -0.05) is 0 Å². The summed E-state index contributed by atoms with van der Waals surface area (Å²) in [5.41, 5.74) is 1.86. The fourth-order valence-electron chi connectivity index (χ4n) is 5.33. The van der Waals surface area contributed by atoms with Gasteiger partial charge >= 0.3 is 0 Å². The number of fused-ring (bicyclic) bond motifs is 1. The number of aryl methyl sites for hydroxylation is 1. The van der Waals surface area contributed by atoms with Gasteiger partial charge in [-0.05, 0) is 50.6 Å². The van der Waals surface area contributed by atoms with Gasteiger partial charge in [0.15, 0.2) is 4.83 Å². The first-order valence-electron chi connectivity index (χ1n) is 12.3. The Balaban J connectivity index is 1.16. The molecule has 0 unspecified atom stereocenters. The van der Waals surface area contributed by atoms with Crippen LogP contribution in [0, 0.1) is 6.92 Å². The molecule has 3 aliphatic rings. The molecule has 0 amide bonds. The summed E-state index contributed by atoms with van der Waals surface area (Å²) in [5, 5.41) is 12.6. The van der Waals surface area contributed by atoms with Crippen LogP contribution < -0.4 is 10.6 Å². The van der Waals surface area contributed by atoms with E-state index in [1.165, 1.54) is 24.4 Å². The van der Waals surface area contributed by atoms with Crippen LogP contribution in [-0.4, -0.2) is 80.6 Å². The average Bonchev–Trinajstić information content (AvgIpc) is 3.62. The zero-order valence-corrected chi connectivity index (χ0v) is 20.4. The van der Waals surface area contributed by atoms with Crippen LogP contribution in [0.25, 0.3) is 10.2 Å². The average molecular weight is 485 g/mol. The molecule has 11 heteroatoms.